The summed E-state index contributed by atoms with van der Waals surface area (Å²) in [7, 11) is 1.55. The molecule has 0 aliphatic carbocycles. The molecule has 1 saturated heterocycles. The van der Waals surface area contributed by atoms with Crippen molar-refractivity contribution in [1.82, 2.24) is 4.90 Å². The number of ether oxygens (including phenoxy) is 3. The average molecular weight is 217 g/mol. The van der Waals surface area contributed by atoms with Crippen LogP contribution < -0.4 is 0 Å². The van der Waals surface area contributed by atoms with Crippen LogP contribution in [-0.4, -0.2) is 49.7 Å². The van der Waals surface area contributed by atoms with Crippen LogP contribution in [0.3, 0.4) is 0 Å². The first-order chi connectivity index (χ1) is 6.94. The lowest BCUT2D eigenvalue weighted by Gasteiger charge is -2.35. The summed E-state index contributed by atoms with van der Waals surface area (Å²) >= 11 is 0. The van der Waals surface area contributed by atoms with Crippen LogP contribution in [0.1, 0.15) is 20.8 Å². The Balaban J connectivity index is 2.56. The van der Waals surface area contributed by atoms with Gasteiger partial charge in [-0.3, -0.25) is 4.90 Å². The minimum Gasteiger partial charge on any atom is -0.444 e. The van der Waals surface area contributed by atoms with Gasteiger partial charge in [0.05, 0.1) is 19.8 Å². The zero-order valence-electron chi connectivity index (χ0n) is 9.78. The summed E-state index contributed by atoms with van der Waals surface area (Å²) in [5, 5.41) is 0. The molecule has 0 saturated carbocycles. The molecule has 0 radical (unpaired) electrons. The van der Waals surface area contributed by atoms with Gasteiger partial charge in [0, 0.05) is 7.11 Å². The first kappa shape index (κ1) is 12.3. The Labute approximate surface area is 90.3 Å². The number of amides is 1. The second-order valence-electron chi connectivity index (χ2n) is 4.44. The molecular weight excluding hydrogens is 198 g/mol. The largest absolute Gasteiger partial charge is 0.444 e. The van der Waals surface area contributed by atoms with Gasteiger partial charge >= 0.3 is 6.09 Å². The molecule has 1 rings (SSSR count). The Morgan fingerprint density at radius 1 is 1.47 bits per heavy atom. The average Bonchev–Trinajstić information content (AvgIpc) is 2.15. The van der Waals surface area contributed by atoms with Crippen LogP contribution in [-0.2, 0) is 14.2 Å². The van der Waals surface area contributed by atoms with E-state index in [-0.39, 0.29) is 12.3 Å². The van der Waals surface area contributed by atoms with Crippen molar-refractivity contribution in [3.05, 3.63) is 0 Å². The molecular formula is C10H19NO4. The van der Waals surface area contributed by atoms with Gasteiger partial charge in [0.1, 0.15) is 5.60 Å². The molecule has 15 heavy (non-hydrogen) atoms. The van der Waals surface area contributed by atoms with Crippen LogP contribution in [0.5, 0.6) is 0 Å². The molecule has 1 aliphatic heterocycles. The van der Waals surface area contributed by atoms with Crippen LogP contribution in [0.15, 0.2) is 0 Å². The SMILES string of the molecule is CO[C@@H]1COCCN1C(=O)OC(C)(C)C. The van der Waals surface area contributed by atoms with Gasteiger partial charge in [0.25, 0.3) is 0 Å². The highest BCUT2D eigenvalue weighted by atomic mass is 16.6. The van der Waals surface area contributed by atoms with Crippen LogP contribution in [0.25, 0.3) is 0 Å². The van der Waals surface area contributed by atoms with Gasteiger partial charge in [-0.25, -0.2) is 4.79 Å². The van der Waals surface area contributed by atoms with Gasteiger partial charge in [-0.2, -0.15) is 0 Å². The number of hydrogen-bond acceptors (Lipinski definition) is 4. The molecule has 0 unspecified atom stereocenters. The molecule has 1 amide bonds. The van der Waals surface area contributed by atoms with Crippen molar-refractivity contribution in [2.75, 3.05) is 26.9 Å². The standard InChI is InChI=1S/C10H19NO4/c1-10(2,3)15-9(12)11-5-6-14-7-8(11)13-4/h8H,5-7H2,1-4H3/t8-/m1/s1. The van der Waals surface area contributed by atoms with E-state index in [9.17, 15) is 4.79 Å². The van der Waals surface area contributed by atoms with Gasteiger partial charge in [0.2, 0.25) is 0 Å². The summed E-state index contributed by atoms with van der Waals surface area (Å²) < 4.78 is 15.6. The molecule has 1 heterocycles. The van der Waals surface area contributed by atoms with Gasteiger partial charge in [-0.15, -0.1) is 0 Å². The molecule has 0 spiro atoms. The highest BCUT2D eigenvalue weighted by molar-refractivity contribution is 5.68. The van der Waals surface area contributed by atoms with E-state index < -0.39 is 5.60 Å². The summed E-state index contributed by atoms with van der Waals surface area (Å²) in [5.74, 6) is 0. The number of methoxy groups -OCH3 is 1. The monoisotopic (exact) mass is 217 g/mol. The minimum atomic E-state index is -0.478. The molecule has 5 heteroatoms. The van der Waals surface area contributed by atoms with Crippen molar-refractivity contribution >= 4 is 6.09 Å². The number of hydrogen-bond donors (Lipinski definition) is 0. The second kappa shape index (κ2) is 4.81. The van der Waals surface area contributed by atoms with Gasteiger partial charge in [0.15, 0.2) is 6.23 Å². The van der Waals surface area contributed by atoms with Crippen molar-refractivity contribution in [3.8, 4) is 0 Å². The van der Waals surface area contributed by atoms with E-state index in [0.29, 0.717) is 19.8 Å². The molecule has 1 fully saturated rings. The Kier molecular flexibility index (Phi) is 3.93. The lowest BCUT2D eigenvalue weighted by atomic mass is 10.2. The Morgan fingerprint density at radius 2 is 2.13 bits per heavy atom. The third-order valence-corrected chi connectivity index (χ3v) is 1.98. The lowest BCUT2D eigenvalue weighted by molar-refractivity contribution is -0.120. The van der Waals surface area contributed by atoms with Crippen LogP contribution in [0.2, 0.25) is 0 Å². The zero-order valence-corrected chi connectivity index (χ0v) is 9.78. The molecule has 1 atom stereocenters. The van der Waals surface area contributed by atoms with E-state index in [2.05, 4.69) is 0 Å². The third-order valence-electron chi connectivity index (χ3n) is 1.98. The zero-order chi connectivity index (χ0) is 11.5. The normalized spacial score (nSPS) is 22.7. The fraction of sp³-hybridized carbons (Fsp3) is 0.900. The van der Waals surface area contributed by atoms with E-state index in [0.717, 1.165) is 0 Å². The Bertz CT molecular complexity index is 224. The van der Waals surface area contributed by atoms with E-state index in [1.165, 1.54) is 0 Å². The Hall–Kier alpha value is -0.810. The topological polar surface area (TPSA) is 48.0 Å². The molecule has 5 nitrogen and oxygen atoms in total. The molecule has 0 aromatic carbocycles. The Morgan fingerprint density at radius 3 is 2.67 bits per heavy atom. The number of carbonyl (C=O) groups excluding carboxylic acids is 1. The maximum absolute atomic E-state index is 11.8. The van der Waals surface area contributed by atoms with Gasteiger partial charge in [-0.05, 0) is 20.8 Å². The molecule has 0 bridgehead atoms. The molecule has 0 aromatic rings. The van der Waals surface area contributed by atoms with Gasteiger partial charge in [-0.1, -0.05) is 0 Å². The summed E-state index contributed by atoms with van der Waals surface area (Å²) in [4.78, 5) is 13.3. The first-order valence-corrected chi connectivity index (χ1v) is 5.04. The number of carbonyl (C=O) groups is 1. The summed E-state index contributed by atoms with van der Waals surface area (Å²) in [6, 6.07) is 0. The smallest absolute Gasteiger partial charge is 0.412 e. The fourth-order valence-electron chi connectivity index (χ4n) is 1.31. The van der Waals surface area contributed by atoms with Crippen molar-refractivity contribution in [2.24, 2.45) is 0 Å². The highest BCUT2D eigenvalue weighted by Crippen LogP contribution is 2.14. The van der Waals surface area contributed by atoms with E-state index in [1.807, 2.05) is 20.8 Å². The van der Waals surface area contributed by atoms with E-state index >= 15 is 0 Å². The molecule has 0 aromatic heterocycles. The molecule has 88 valence electrons. The van der Waals surface area contributed by atoms with Gasteiger partial charge < -0.3 is 14.2 Å². The molecule has 1 aliphatic rings. The summed E-state index contributed by atoms with van der Waals surface area (Å²) in [6.45, 7) is 6.95. The van der Waals surface area contributed by atoms with Crippen molar-refractivity contribution in [1.29, 1.82) is 0 Å². The van der Waals surface area contributed by atoms with Crippen LogP contribution in [0, 0.1) is 0 Å². The quantitative estimate of drug-likeness (QED) is 0.662. The maximum Gasteiger partial charge on any atom is 0.412 e. The van der Waals surface area contributed by atoms with Crippen LogP contribution in [0.4, 0.5) is 4.79 Å². The number of morpholine rings is 1. The van der Waals surface area contributed by atoms with Crippen molar-refractivity contribution < 1.29 is 19.0 Å². The van der Waals surface area contributed by atoms with Crippen molar-refractivity contribution in [3.63, 3.8) is 0 Å². The predicted octanol–water partition coefficient (Wildman–Crippen LogP) is 1.23. The minimum absolute atomic E-state index is 0.339. The van der Waals surface area contributed by atoms with E-state index in [1.54, 1.807) is 12.0 Å². The fourth-order valence-corrected chi connectivity index (χ4v) is 1.31. The second-order valence-corrected chi connectivity index (χ2v) is 4.44. The number of rotatable bonds is 1. The van der Waals surface area contributed by atoms with Crippen molar-refractivity contribution in [2.45, 2.75) is 32.6 Å². The molecule has 0 N–H and O–H groups in total. The predicted molar refractivity (Wildman–Crippen MR) is 54.6 cm³/mol. The number of nitrogens with zero attached hydrogens (tertiary/aromatic N) is 1. The highest BCUT2D eigenvalue weighted by Gasteiger charge is 2.30. The first-order valence-electron chi connectivity index (χ1n) is 5.04. The third kappa shape index (κ3) is 3.68. The summed E-state index contributed by atoms with van der Waals surface area (Å²) in [6.07, 6.45) is -0.689. The maximum atomic E-state index is 11.8. The summed E-state index contributed by atoms with van der Waals surface area (Å²) in [5.41, 5.74) is -0.478. The lowest BCUT2D eigenvalue weighted by Crippen LogP contribution is -2.51. The van der Waals surface area contributed by atoms with Crippen LogP contribution >= 0.6 is 0 Å². The van der Waals surface area contributed by atoms with E-state index in [4.69, 9.17) is 14.2 Å².